The monoisotopic (exact) mass is 937 g/mol. The van der Waals surface area contributed by atoms with Gasteiger partial charge in [-0.1, -0.05) is 215 Å². The summed E-state index contributed by atoms with van der Waals surface area (Å²) in [4.78, 5) is 0. The van der Waals surface area contributed by atoms with Gasteiger partial charge in [-0.05, 0) is 121 Å². The fourth-order valence-corrected chi connectivity index (χ4v) is 12.2. The molecule has 0 bridgehead atoms. The zero-order valence-electron chi connectivity index (χ0n) is 43.9. The molecule has 0 saturated carbocycles. The van der Waals surface area contributed by atoms with E-state index >= 15 is 0 Å². The summed E-state index contributed by atoms with van der Waals surface area (Å²) in [6.07, 6.45) is 28.0. The minimum Gasteiger partial charge on any atom is -0.340 e. The third-order valence-electron chi connectivity index (χ3n) is 16.0. The number of unbranched alkanes of at least 4 members (excludes halogenated alkanes) is 16. The molecule has 2 heterocycles. The van der Waals surface area contributed by atoms with Crippen LogP contribution >= 0.6 is 0 Å². The van der Waals surface area contributed by atoms with Crippen LogP contribution in [0.15, 0.2) is 121 Å². The Morgan fingerprint density at radius 1 is 0.324 bits per heavy atom. The van der Waals surface area contributed by atoms with Crippen LogP contribution in [0.1, 0.15) is 202 Å². The molecule has 1 aliphatic carbocycles. The second-order valence-corrected chi connectivity index (χ2v) is 21.1. The van der Waals surface area contributed by atoms with Gasteiger partial charge in [0.2, 0.25) is 0 Å². The van der Waals surface area contributed by atoms with Gasteiger partial charge in [-0.15, -0.1) is 0 Å². The first-order chi connectivity index (χ1) is 35.1. The van der Waals surface area contributed by atoms with E-state index in [0.29, 0.717) is 0 Å². The van der Waals surface area contributed by atoms with Crippen LogP contribution in [-0.2, 0) is 18.5 Å². The van der Waals surface area contributed by atoms with Crippen LogP contribution in [0.4, 0.5) is 0 Å². The second kappa shape index (κ2) is 24.4. The molecule has 2 nitrogen and oxygen atoms in total. The zero-order valence-corrected chi connectivity index (χ0v) is 43.9. The Balaban J connectivity index is 1.05. The van der Waals surface area contributed by atoms with Crippen molar-refractivity contribution in [1.82, 2.24) is 9.13 Å². The normalized spacial score (nSPS) is 12.6. The first kappa shape index (κ1) is 50.0. The topological polar surface area (TPSA) is 9.86 Å². The molecule has 0 saturated heterocycles. The Labute approximate surface area is 427 Å². The lowest BCUT2D eigenvalue weighted by Gasteiger charge is -2.33. The highest BCUT2D eigenvalue weighted by molar-refractivity contribution is 6.09. The summed E-state index contributed by atoms with van der Waals surface area (Å²) in [5.74, 6) is 14.7. The Hall–Kier alpha value is -5.96. The van der Waals surface area contributed by atoms with Gasteiger partial charge >= 0.3 is 0 Å². The summed E-state index contributed by atoms with van der Waals surface area (Å²) < 4.78 is 5.09. The SMILES string of the molecule is CCCCCCCn1c2ccccc2c2cc(C#Cc3ccc4c(c3)C(CCCCCCC)(CCCCCCC)c3cc(C#Cc5ccc6c(c5)c5ccccc5n6CCCCCCC)ccc3-4)ccc21. The van der Waals surface area contributed by atoms with Gasteiger partial charge in [-0.3, -0.25) is 0 Å². The van der Waals surface area contributed by atoms with Crippen molar-refractivity contribution in [3.63, 3.8) is 0 Å². The van der Waals surface area contributed by atoms with Crippen molar-refractivity contribution < 1.29 is 0 Å². The average Bonchev–Trinajstić information content (AvgIpc) is 3.99. The smallest absolute Gasteiger partial charge is 0.0492 e. The van der Waals surface area contributed by atoms with Crippen LogP contribution in [0.2, 0.25) is 0 Å². The van der Waals surface area contributed by atoms with E-state index in [1.54, 1.807) is 0 Å². The van der Waals surface area contributed by atoms with E-state index < -0.39 is 0 Å². The van der Waals surface area contributed by atoms with Crippen LogP contribution in [0.5, 0.6) is 0 Å². The van der Waals surface area contributed by atoms with Gasteiger partial charge in [-0.2, -0.15) is 0 Å². The molecule has 2 heteroatoms. The standard InChI is InChI=1S/C69H80N2/c1-5-9-13-17-25-45-69(46-26-18-14-10-6-2)63-51-55(35-33-53-39-43-67-61(49-53)59-29-21-23-31-65(59)70(67)47-27-19-15-11-7-3)37-41-57(63)58-42-38-56(52-64(58)69)36-34-54-40-44-68-62(50-54)60-30-22-24-32-66(60)71(68)48-28-20-16-12-8-4/h21-24,29-32,37-44,49-52H,5-20,25-28,45-48H2,1-4H3. The molecular formula is C69H80N2. The molecule has 2 aromatic heterocycles. The van der Waals surface area contributed by atoms with Crippen molar-refractivity contribution in [2.24, 2.45) is 0 Å². The van der Waals surface area contributed by atoms with Gasteiger partial charge in [0.05, 0.1) is 0 Å². The van der Waals surface area contributed by atoms with E-state index in [-0.39, 0.29) is 5.41 Å². The number of para-hydroxylation sites is 2. The van der Waals surface area contributed by atoms with Crippen molar-refractivity contribution in [1.29, 1.82) is 0 Å². The molecule has 0 amide bonds. The van der Waals surface area contributed by atoms with Gasteiger partial charge in [0.1, 0.15) is 0 Å². The molecule has 6 aromatic carbocycles. The molecule has 9 rings (SSSR count). The molecule has 366 valence electrons. The van der Waals surface area contributed by atoms with E-state index in [2.05, 4.69) is 182 Å². The van der Waals surface area contributed by atoms with E-state index in [9.17, 15) is 0 Å². The summed E-state index contributed by atoms with van der Waals surface area (Å²) in [5, 5.41) is 5.28. The highest BCUT2D eigenvalue weighted by atomic mass is 15.0. The Bertz CT molecular complexity index is 2970. The Morgan fingerprint density at radius 3 is 1.07 bits per heavy atom. The molecule has 0 fully saturated rings. The van der Waals surface area contributed by atoms with Crippen LogP contribution in [-0.4, -0.2) is 9.13 Å². The number of benzene rings is 6. The lowest BCUT2D eigenvalue weighted by atomic mass is 9.70. The predicted molar refractivity (Wildman–Crippen MR) is 308 cm³/mol. The number of aromatic nitrogens is 2. The summed E-state index contributed by atoms with van der Waals surface area (Å²) in [7, 11) is 0. The second-order valence-electron chi connectivity index (χ2n) is 21.1. The van der Waals surface area contributed by atoms with Crippen LogP contribution in [0, 0.1) is 23.7 Å². The predicted octanol–water partition coefficient (Wildman–Crippen LogP) is 19.6. The van der Waals surface area contributed by atoms with E-state index in [4.69, 9.17) is 0 Å². The maximum Gasteiger partial charge on any atom is 0.0492 e. The molecule has 0 aliphatic heterocycles. The lowest BCUT2D eigenvalue weighted by Crippen LogP contribution is -2.26. The maximum atomic E-state index is 3.71. The van der Waals surface area contributed by atoms with Crippen molar-refractivity contribution in [2.45, 2.75) is 187 Å². The molecule has 71 heavy (non-hydrogen) atoms. The molecule has 0 spiro atoms. The first-order valence-electron chi connectivity index (χ1n) is 28.4. The van der Waals surface area contributed by atoms with Gasteiger partial charge in [0, 0.05) is 84.4 Å². The van der Waals surface area contributed by atoms with E-state index in [0.717, 1.165) is 48.2 Å². The third-order valence-corrected chi connectivity index (χ3v) is 16.0. The minimum absolute atomic E-state index is 0.0625. The number of rotatable bonds is 24. The average molecular weight is 937 g/mol. The fourth-order valence-electron chi connectivity index (χ4n) is 12.2. The van der Waals surface area contributed by atoms with Crippen molar-refractivity contribution in [3.8, 4) is 34.8 Å². The van der Waals surface area contributed by atoms with E-state index in [1.165, 1.54) is 194 Å². The van der Waals surface area contributed by atoms with Crippen LogP contribution < -0.4 is 0 Å². The van der Waals surface area contributed by atoms with Gasteiger partial charge in [0.15, 0.2) is 0 Å². The zero-order chi connectivity index (χ0) is 48.8. The molecule has 8 aromatic rings. The van der Waals surface area contributed by atoms with Crippen LogP contribution in [0.3, 0.4) is 0 Å². The molecule has 0 atom stereocenters. The minimum atomic E-state index is -0.0625. The van der Waals surface area contributed by atoms with Crippen LogP contribution in [0.25, 0.3) is 54.7 Å². The molecule has 1 aliphatic rings. The summed E-state index contributed by atoms with van der Waals surface area (Å²) >= 11 is 0. The number of hydrogen-bond acceptors (Lipinski definition) is 0. The number of hydrogen-bond donors (Lipinski definition) is 0. The molecule has 0 N–H and O–H groups in total. The van der Waals surface area contributed by atoms with Gasteiger partial charge < -0.3 is 9.13 Å². The molecule has 0 radical (unpaired) electrons. The third kappa shape index (κ3) is 11.2. The van der Waals surface area contributed by atoms with Crippen molar-refractivity contribution >= 4 is 43.6 Å². The first-order valence-corrected chi connectivity index (χ1v) is 28.4. The van der Waals surface area contributed by atoms with Crippen molar-refractivity contribution in [3.05, 3.63) is 155 Å². The Kier molecular flexibility index (Phi) is 17.2. The van der Waals surface area contributed by atoms with Crippen molar-refractivity contribution in [2.75, 3.05) is 0 Å². The largest absolute Gasteiger partial charge is 0.340 e. The summed E-state index contributed by atoms with van der Waals surface area (Å²) in [6.45, 7) is 11.4. The molecular weight excluding hydrogens is 857 g/mol. The molecule has 0 unspecified atom stereocenters. The number of aryl methyl sites for hydroxylation is 2. The van der Waals surface area contributed by atoms with Gasteiger partial charge in [0.25, 0.3) is 0 Å². The lowest BCUT2D eigenvalue weighted by molar-refractivity contribution is 0.399. The van der Waals surface area contributed by atoms with Gasteiger partial charge in [-0.25, -0.2) is 0 Å². The maximum absolute atomic E-state index is 3.71. The number of nitrogens with zero attached hydrogens (tertiary/aromatic N) is 2. The highest BCUT2D eigenvalue weighted by Crippen LogP contribution is 2.55. The fraction of sp³-hybridized carbons (Fsp3) is 0.420. The quantitative estimate of drug-likeness (QED) is 0.0422. The highest BCUT2D eigenvalue weighted by Gasteiger charge is 2.42. The summed E-state index contributed by atoms with van der Waals surface area (Å²) in [5.41, 5.74) is 15.4. The number of fused-ring (bicyclic) bond motifs is 9. The van der Waals surface area contributed by atoms with E-state index in [1.807, 2.05) is 0 Å². The summed E-state index contributed by atoms with van der Waals surface area (Å²) in [6, 6.07) is 46.1. The Morgan fingerprint density at radius 2 is 0.662 bits per heavy atom.